The van der Waals surface area contributed by atoms with Crippen molar-refractivity contribution in [2.75, 3.05) is 6.54 Å². The van der Waals surface area contributed by atoms with Crippen LogP contribution in [-0.4, -0.2) is 16.2 Å². The summed E-state index contributed by atoms with van der Waals surface area (Å²) in [5.41, 5.74) is 2.47. The van der Waals surface area contributed by atoms with E-state index in [9.17, 15) is 5.11 Å². The third-order valence-corrected chi connectivity index (χ3v) is 2.77. The fraction of sp³-hybridized carbons (Fsp3) is 0.286. The van der Waals surface area contributed by atoms with E-state index in [-0.39, 0.29) is 0 Å². The minimum Gasteiger partial charge on any atom is -0.508 e. The Labute approximate surface area is 102 Å². The van der Waals surface area contributed by atoms with Crippen LogP contribution in [0.5, 0.6) is 5.75 Å². The zero-order valence-corrected chi connectivity index (χ0v) is 10.1. The Kier molecular flexibility index (Phi) is 3.83. The van der Waals surface area contributed by atoms with Crippen LogP contribution in [0.1, 0.15) is 18.2 Å². The minimum absolute atomic E-state index is 0.314. The van der Waals surface area contributed by atoms with Gasteiger partial charge >= 0.3 is 0 Å². The lowest BCUT2D eigenvalue weighted by molar-refractivity contribution is 0.475. The summed E-state index contributed by atoms with van der Waals surface area (Å²) >= 11 is 0. The maximum absolute atomic E-state index is 9.24. The van der Waals surface area contributed by atoms with E-state index in [1.165, 1.54) is 11.3 Å². The second-order valence-electron chi connectivity index (χ2n) is 4.07. The number of phenols is 1. The van der Waals surface area contributed by atoms with Crippen LogP contribution in [0.2, 0.25) is 0 Å². The van der Waals surface area contributed by atoms with Crippen LogP contribution in [0.15, 0.2) is 42.6 Å². The van der Waals surface area contributed by atoms with Gasteiger partial charge in [-0.25, -0.2) is 0 Å². The van der Waals surface area contributed by atoms with Crippen LogP contribution < -0.4 is 5.32 Å². The summed E-state index contributed by atoms with van der Waals surface area (Å²) in [6.07, 6.45) is 2.08. The van der Waals surface area contributed by atoms with Gasteiger partial charge in [-0.15, -0.1) is 0 Å². The molecule has 0 amide bonds. The maximum Gasteiger partial charge on any atom is 0.115 e. The molecule has 0 saturated heterocycles. The molecule has 0 radical (unpaired) electrons. The molecule has 90 valence electrons. The van der Waals surface area contributed by atoms with Gasteiger partial charge in [-0.05, 0) is 36.4 Å². The minimum atomic E-state index is 0.314. The van der Waals surface area contributed by atoms with E-state index >= 15 is 0 Å². The van der Waals surface area contributed by atoms with Gasteiger partial charge in [-0.1, -0.05) is 19.1 Å². The molecule has 1 heterocycles. The molecule has 1 aromatic carbocycles. The fourth-order valence-corrected chi connectivity index (χ4v) is 1.82. The Balaban J connectivity index is 2.07. The molecular weight excluding hydrogens is 212 g/mol. The van der Waals surface area contributed by atoms with Crippen LogP contribution in [0, 0.1) is 0 Å². The molecule has 0 bridgehead atoms. The normalized spacial score (nSPS) is 10.6. The lowest BCUT2D eigenvalue weighted by Gasteiger charge is -2.09. The predicted octanol–water partition coefficient (Wildman–Crippen LogP) is 2.35. The van der Waals surface area contributed by atoms with E-state index in [0.29, 0.717) is 5.75 Å². The summed E-state index contributed by atoms with van der Waals surface area (Å²) in [5.74, 6) is 0.314. The number of benzene rings is 1. The molecule has 0 atom stereocenters. The number of phenolic OH excluding ortho intramolecular Hbond substituents is 1. The van der Waals surface area contributed by atoms with Crippen molar-refractivity contribution in [1.82, 2.24) is 9.88 Å². The Morgan fingerprint density at radius 2 is 1.94 bits per heavy atom. The zero-order chi connectivity index (χ0) is 12.1. The Bertz CT molecular complexity index is 459. The number of rotatable bonds is 5. The van der Waals surface area contributed by atoms with Crippen LogP contribution in [0.3, 0.4) is 0 Å². The monoisotopic (exact) mass is 230 g/mol. The summed E-state index contributed by atoms with van der Waals surface area (Å²) in [7, 11) is 0. The number of aromatic hydroxyl groups is 1. The van der Waals surface area contributed by atoms with E-state index in [0.717, 1.165) is 19.6 Å². The molecule has 0 aliphatic rings. The van der Waals surface area contributed by atoms with Crippen LogP contribution in [0.25, 0.3) is 0 Å². The van der Waals surface area contributed by atoms with Gasteiger partial charge in [0, 0.05) is 25.0 Å². The summed E-state index contributed by atoms with van der Waals surface area (Å²) in [5, 5.41) is 12.6. The van der Waals surface area contributed by atoms with Crippen molar-refractivity contribution in [3.63, 3.8) is 0 Å². The highest BCUT2D eigenvalue weighted by Gasteiger charge is 2.01. The number of hydrogen-bond donors (Lipinski definition) is 2. The first-order chi connectivity index (χ1) is 8.29. The average Bonchev–Trinajstić information content (AvgIpc) is 2.77. The second-order valence-corrected chi connectivity index (χ2v) is 4.07. The molecule has 0 spiro atoms. The van der Waals surface area contributed by atoms with Crippen LogP contribution >= 0.6 is 0 Å². The molecule has 0 fully saturated rings. The first-order valence-electron chi connectivity index (χ1n) is 5.92. The molecule has 0 aliphatic carbocycles. The van der Waals surface area contributed by atoms with Crippen molar-refractivity contribution >= 4 is 0 Å². The van der Waals surface area contributed by atoms with Crippen LogP contribution in [-0.2, 0) is 13.1 Å². The average molecular weight is 230 g/mol. The number of hydrogen-bond acceptors (Lipinski definition) is 2. The lowest BCUT2D eigenvalue weighted by Crippen LogP contribution is -2.15. The van der Waals surface area contributed by atoms with Gasteiger partial charge in [0.05, 0.1) is 0 Å². The van der Waals surface area contributed by atoms with Gasteiger partial charge in [0.25, 0.3) is 0 Å². The van der Waals surface area contributed by atoms with Crippen LogP contribution in [0.4, 0.5) is 0 Å². The van der Waals surface area contributed by atoms with E-state index in [2.05, 4.69) is 35.1 Å². The molecule has 2 N–H and O–H groups in total. The largest absolute Gasteiger partial charge is 0.508 e. The maximum atomic E-state index is 9.24. The molecule has 0 unspecified atom stereocenters. The van der Waals surface area contributed by atoms with Crippen molar-refractivity contribution in [1.29, 1.82) is 0 Å². The highest BCUT2D eigenvalue weighted by Crippen LogP contribution is 2.12. The third kappa shape index (κ3) is 3.11. The first kappa shape index (κ1) is 11.7. The first-order valence-corrected chi connectivity index (χ1v) is 5.92. The SMILES string of the molecule is CCNCc1cccn1Cc1ccc(O)cc1. The quantitative estimate of drug-likeness (QED) is 0.827. The Morgan fingerprint density at radius 3 is 2.65 bits per heavy atom. The summed E-state index contributed by atoms with van der Waals surface area (Å²) in [6.45, 7) is 4.81. The highest BCUT2D eigenvalue weighted by molar-refractivity contribution is 5.26. The molecular formula is C14H18N2O. The molecule has 2 aromatic rings. The van der Waals surface area contributed by atoms with Gasteiger partial charge in [0.1, 0.15) is 5.75 Å². The molecule has 2 rings (SSSR count). The van der Waals surface area contributed by atoms with E-state index in [4.69, 9.17) is 0 Å². The van der Waals surface area contributed by atoms with E-state index in [1.807, 2.05) is 12.1 Å². The summed E-state index contributed by atoms with van der Waals surface area (Å²) in [4.78, 5) is 0. The van der Waals surface area contributed by atoms with Gasteiger partial charge < -0.3 is 15.0 Å². The van der Waals surface area contributed by atoms with Gasteiger partial charge in [-0.3, -0.25) is 0 Å². The van der Waals surface area contributed by atoms with Crippen molar-refractivity contribution < 1.29 is 5.11 Å². The van der Waals surface area contributed by atoms with E-state index in [1.54, 1.807) is 12.1 Å². The number of aromatic nitrogens is 1. The zero-order valence-electron chi connectivity index (χ0n) is 10.1. The lowest BCUT2D eigenvalue weighted by atomic mass is 10.2. The second kappa shape index (κ2) is 5.55. The van der Waals surface area contributed by atoms with Crippen molar-refractivity contribution in [3.8, 4) is 5.75 Å². The fourth-order valence-electron chi connectivity index (χ4n) is 1.82. The molecule has 0 aliphatic heterocycles. The topological polar surface area (TPSA) is 37.2 Å². The summed E-state index contributed by atoms with van der Waals surface area (Å²) in [6, 6.07) is 11.5. The van der Waals surface area contributed by atoms with Crippen molar-refractivity contribution in [2.45, 2.75) is 20.0 Å². The van der Waals surface area contributed by atoms with Gasteiger partial charge in [0.15, 0.2) is 0 Å². The highest BCUT2D eigenvalue weighted by atomic mass is 16.3. The predicted molar refractivity (Wildman–Crippen MR) is 69.0 cm³/mol. The van der Waals surface area contributed by atoms with Gasteiger partial charge in [-0.2, -0.15) is 0 Å². The molecule has 1 aromatic heterocycles. The van der Waals surface area contributed by atoms with Gasteiger partial charge in [0.2, 0.25) is 0 Å². The molecule has 3 heteroatoms. The number of nitrogens with one attached hydrogen (secondary N) is 1. The summed E-state index contributed by atoms with van der Waals surface area (Å²) < 4.78 is 2.22. The third-order valence-electron chi connectivity index (χ3n) is 2.77. The molecule has 0 saturated carbocycles. The van der Waals surface area contributed by atoms with E-state index < -0.39 is 0 Å². The molecule has 3 nitrogen and oxygen atoms in total. The van der Waals surface area contributed by atoms with Crippen molar-refractivity contribution in [3.05, 3.63) is 53.9 Å². The smallest absolute Gasteiger partial charge is 0.115 e. The van der Waals surface area contributed by atoms with Crippen molar-refractivity contribution in [2.24, 2.45) is 0 Å². The molecule has 17 heavy (non-hydrogen) atoms. The Morgan fingerprint density at radius 1 is 1.18 bits per heavy atom. The number of nitrogens with zero attached hydrogens (tertiary/aromatic N) is 1. The standard InChI is InChI=1S/C14H18N2O/c1-2-15-10-13-4-3-9-16(13)11-12-5-7-14(17)8-6-12/h3-9,15,17H,2,10-11H2,1H3. The Hall–Kier alpha value is -1.74.